The fraction of sp³-hybridized carbons (Fsp3) is 0.636. The highest BCUT2D eigenvalue weighted by atomic mass is 19.4. The smallest absolute Gasteiger partial charge is 0.416 e. The van der Waals surface area contributed by atoms with E-state index in [2.05, 4.69) is 15.2 Å². The molecule has 8 nitrogen and oxygen atoms in total. The number of pyridine rings is 1. The van der Waals surface area contributed by atoms with Crippen molar-refractivity contribution in [2.75, 3.05) is 12.3 Å². The van der Waals surface area contributed by atoms with Gasteiger partial charge >= 0.3 is 12.4 Å². The van der Waals surface area contributed by atoms with Gasteiger partial charge < -0.3 is 20.2 Å². The second-order valence-electron chi connectivity index (χ2n) is 9.74. The highest BCUT2D eigenvalue weighted by molar-refractivity contribution is 5.96. The number of carbonyl (C=O) groups is 1. The lowest BCUT2D eigenvalue weighted by molar-refractivity contribution is -0.277. The summed E-state index contributed by atoms with van der Waals surface area (Å²) in [6, 6.07) is 0.496. The molecule has 14 heteroatoms. The van der Waals surface area contributed by atoms with E-state index >= 15 is 0 Å². The van der Waals surface area contributed by atoms with Crippen molar-refractivity contribution in [2.45, 2.75) is 74.9 Å². The lowest BCUT2D eigenvalue weighted by atomic mass is 9.95. The number of halogens is 6. The molecule has 1 amide bonds. The second-order valence-corrected chi connectivity index (χ2v) is 9.74. The van der Waals surface area contributed by atoms with Gasteiger partial charge in [0, 0.05) is 12.1 Å². The number of aliphatic hydroxyl groups is 1. The van der Waals surface area contributed by atoms with E-state index in [4.69, 9.17) is 10.2 Å². The van der Waals surface area contributed by atoms with Crippen LogP contribution >= 0.6 is 0 Å². The lowest BCUT2D eigenvalue weighted by Crippen LogP contribution is -2.45. The van der Waals surface area contributed by atoms with Crippen LogP contribution in [0.25, 0.3) is 11.6 Å². The van der Waals surface area contributed by atoms with Gasteiger partial charge in [0.25, 0.3) is 17.7 Å². The Morgan fingerprint density at radius 3 is 2.31 bits per heavy atom. The number of nitrogens with two attached hydrogens (primary N) is 1. The van der Waals surface area contributed by atoms with E-state index in [-0.39, 0.29) is 31.7 Å². The van der Waals surface area contributed by atoms with Gasteiger partial charge in [0.2, 0.25) is 5.60 Å². The van der Waals surface area contributed by atoms with E-state index in [1.807, 2.05) is 0 Å². The molecule has 0 spiro atoms. The minimum Gasteiger partial charge on any atom is -0.416 e. The number of rotatable bonds is 2. The third-order valence-electron chi connectivity index (χ3n) is 7.31. The standard InChI is InChI=1S/C22H23F6N5O3/c23-21(24,25)12-10-13(29)15-16-31-32-18(36-16)20(35,22(26,27)28)6-2-1-3-9-33(17(34)14(12)30-15)19(7-8-19)11-4-5-11/h10-11,35H,1-9,29H2/t20-/m1/s1. The van der Waals surface area contributed by atoms with Crippen molar-refractivity contribution in [3.8, 4) is 11.6 Å². The number of hydrogen-bond acceptors (Lipinski definition) is 7. The molecule has 2 saturated carbocycles. The quantitative estimate of drug-likeness (QED) is 0.563. The van der Waals surface area contributed by atoms with Gasteiger partial charge in [0.1, 0.15) is 5.69 Å². The third-order valence-corrected chi connectivity index (χ3v) is 7.31. The Bertz CT molecular complexity index is 1190. The van der Waals surface area contributed by atoms with Gasteiger partial charge in [-0.15, -0.1) is 10.2 Å². The van der Waals surface area contributed by atoms with Crippen LogP contribution in [0.1, 0.15) is 73.3 Å². The molecule has 2 aromatic rings. The molecule has 0 aromatic carbocycles. The Morgan fingerprint density at radius 2 is 1.72 bits per heavy atom. The average Bonchev–Trinajstić information content (AvgIpc) is 3.71. The first-order chi connectivity index (χ1) is 16.8. The summed E-state index contributed by atoms with van der Waals surface area (Å²) in [5.74, 6) is -2.67. The van der Waals surface area contributed by atoms with Crippen molar-refractivity contribution >= 4 is 11.6 Å². The average molecular weight is 519 g/mol. The van der Waals surface area contributed by atoms with E-state index in [9.17, 15) is 36.2 Å². The molecule has 3 N–H and O–H groups in total. The fourth-order valence-electron chi connectivity index (χ4n) is 5.06. The molecule has 1 atom stereocenters. The largest absolute Gasteiger partial charge is 0.426 e. The van der Waals surface area contributed by atoms with E-state index < -0.39 is 70.2 Å². The van der Waals surface area contributed by atoms with E-state index in [0.29, 0.717) is 18.9 Å². The third kappa shape index (κ3) is 3.98. The molecule has 3 heterocycles. The van der Waals surface area contributed by atoms with Crippen LogP contribution in [0.5, 0.6) is 0 Å². The number of carbonyl (C=O) groups excluding carboxylic acids is 1. The molecule has 2 fully saturated rings. The number of nitrogen functional groups attached to an aromatic ring is 1. The summed E-state index contributed by atoms with van der Waals surface area (Å²) < 4.78 is 88.4. The van der Waals surface area contributed by atoms with Crippen LogP contribution < -0.4 is 5.73 Å². The maximum Gasteiger partial charge on any atom is 0.426 e. The normalized spacial score (nSPS) is 25.0. The van der Waals surface area contributed by atoms with Crippen molar-refractivity contribution < 1.29 is 40.7 Å². The maximum absolute atomic E-state index is 13.9. The first kappa shape index (κ1) is 24.8. The zero-order valence-electron chi connectivity index (χ0n) is 18.9. The molecule has 2 aromatic heterocycles. The van der Waals surface area contributed by atoms with Crippen molar-refractivity contribution in [3.05, 3.63) is 23.2 Å². The van der Waals surface area contributed by atoms with Crippen molar-refractivity contribution in [3.63, 3.8) is 0 Å². The van der Waals surface area contributed by atoms with E-state index in [1.165, 1.54) is 4.90 Å². The summed E-state index contributed by atoms with van der Waals surface area (Å²) in [4.78, 5) is 18.9. The fourth-order valence-corrected chi connectivity index (χ4v) is 5.06. The van der Waals surface area contributed by atoms with Crippen LogP contribution in [-0.4, -0.2) is 49.4 Å². The summed E-state index contributed by atoms with van der Waals surface area (Å²) >= 11 is 0. The molecule has 5 rings (SSSR count). The van der Waals surface area contributed by atoms with E-state index in [1.54, 1.807) is 0 Å². The van der Waals surface area contributed by atoms with Crippen LogP contribution in [0.2, 0.25) is 0 Å². The Hall–Kier alpha value is -2.90. The lowest BCUT2D eigenvalue weighted by Gasteiger charge is -2.33. The first-order valence-corrected chi connectivity index (χ1v) is 11.6. The maximum atomic E-state index is 13.9. The van der Waals surface area contributed by atoms with Crippen LogP contribution in [0.3, 0.4) is 0 Å². The molecular weight excluding hydrogens is 496 g/mol. The van der Waals surface area contributed by atoms with Gasteiger partial charge in [-0.2, -0.15) is 26.3 Å². The number of amides is 1. The van der Waals surface area contributed by atoms with Gasteiger partial charge in [-0.1, -0.05) is 6.42 Å². The van der Waals surface area contributed by atoms with Gasteiger partial charge in [-0.3, -0.25) is 4.79 Å². The summed E-state index contributed by atoms with van der Waals surface area (Å²) in [7, 11) is 0. The number of hydrogen-bond donors (Lipinski definition) is 2. The molecule has 4 bridgehead atoms. The molecule has 0 saturated heterocycles. The van der Waals surface area contributed by atoms with Crippen LogP contribution in [0.15, 0.2) is 10.5 Å². The Morgan fingerprint density at radius 1 is 1.03 bits per heavy atom. The van der Waals surface area contributed by atoms with Crippen molar-refractivity contribution in [2.24, 2.45) is 5.92 Å². The molecule has 3 aliphatic rings. The molecular formula is C22H23F6N5O3. The predicted molar refractivity (Wildman–Crippen MR) is 111 cm³/mol. The number of fused-ring (bicyclic) bond motifs is 5. The van der Waals surface area contributed by atoms with Crippen molar-refractivity contribution in [1.29, 1.82) is 0 Å². The molecule has 36 heavy (non-hydrogen) atoms. The molecule has 0 radical (unpaired) electrons. The number of alkyl halides is 6. The second kappa shape index (κ2) is 8.05. The Kier molecular flexibility index (Phi) is 5.54. The van der Waals surface area contributed by atoms with Gasteiger partial charge in [-0.05, 0) is 56.9 Å². The molecule has 1 aliphatic heterocycles. The van der Waals surface area contributed by atoms with Crippen LogP contribution in [0.4, 0.5) is 32.0 Å². The zero-order valence-corrected chi connectivity index (χ0v) is 18.9. The minimum absolute atomic E-state index is 0.0524. The first-order valence-electron chi connectivity index (χ1n) is 11.6. The zero-order chi connectivity index (χ0) is 26.1. The van der Waals surface area contributed by atoms with E-state index in [0.717, 1.165) is 12.8 Å². The van der Waals surface area contributed by atoms with Gasteiger partial charge in [-0.25, -0.2) is 4.98 Å². The van der Waals surface area contributed by atoms with Gasteiger partial charge in [0.05, 0.1) is 11.3 Å². The molecule has 0 unspecified atom stereocenters. The van der Waals surface area contributed by atoms with Crippen molar-refractivity contribution in [1.82, 2.24) is 20.1 Å². The number of anilines is 1. The summed E-state index contributed by atoms with van der Waals surface area (Å²) in [6.45, 7) is 0.0524. The highest BCUT2D eigenvalue weighted by Crippen LogP contribution is 2.58. The SMILES string of the molecule is Nc1cc(C(F)(F)F)c2nc1-c1nnc(o1)[C@@](O)(C(F)(F)F)CCCCCN(C1(C3CC3)CC1)C2=O. The summed E-state index contributed by atoms with van der Waals surface area (Å²) in [5.41, 5.74) is -1.76. The number of nitrogens with zero attached hydrogens (tertiary/aromatic N) is 4. The molecule has 196 valence electrons. The summed E-state index contributed by atoms with van der Waals surface area (Å²) in [5, 5.41) is 17.3. The van der Waals surface area contributed by atoms with Crippen LogP contribution in [-0.2, 0) is 11.8 Å². The summed E-state index contributed by atoms with van der Waals surface area (Å²) in [6.07, 6.45) is -7.66. The highest BCUT2D eigenvalue weighted by Gasteiger charge is 2.60. The van der Waals surface area contributed by atoms with Gasteiger partial charge in [0.15, 0.2) is 5.69 Å². The van der Waals surface area contributed by atoms with Crippen LogP contribution in [0, 0.1) is 5.92 Å². The minimum atomic E-state index is -5.16. The molecule has 2 aliphatic carbocycles. The topological polar surface area (TPSA) is 118 Å². The monoisotopic (exact) mass is 519 g/mol. The number of aromatic nitrogens is 3. The Balaban J connectivity index is 1.67. The predicted octanol–water partition coefficient (Wildman–Crippen LogP) is 4.44. The Labute approximate surface area is 200 Å².